The molecule has 3 rings (SSSR count). The van der Waals surface area contributed by atoms with Gasteiger partial charge in [0.25, 0.3) is 0 Å². The molecule has 0 bridgehead atoms. The molecule has 30 heavy (non-hydrogen) atoms. The molecule has 2 aromatic rings. The van der Waals surface area contributed by atoms with E-state index in [0.717, 1.165) is 31.7 Å². The number of benzene rings is 2. The van der Waals surface area contributed by atoms with Crippen LogP contribution in [0.2, 0.25) is 0 Å². The van der Waals surface area contributed by atoms with E-state index < -0.39 is 0 Å². The predicted octanol–water partition coefficient (Wildman–Crippen LogP) is 6.28. The number of aryl methyl sites for hydroxylation is 1. The van der Waals surface area contributed by atoms with E-state index in [0.29, 0.717) is 18.3 Å². The minimum atomic E-state index is 0.181. The maximum absolute atomic E-state index is 11.6. The standard InChI is InChI=1S/C27H37NO2/c1-2-12-27(29)28-21-24-20-26(24)23-16-11-17-25(19-23)30-18-10-5-3-4-7-13-22-14-8-6-9-15-22/h6,8-9,11,14-17,19,24,26H,2-5,7,10,12-13,18,20-21H2,1H3,(H,28,29). The van der Waals surface area contributed by atoms with Gasteiger partial charge in [-0.1, -0.05) is 68.7 Å². The summed E-state index contributed by atoms with van der Waals surface area (Å²) in [5, 5.41) is 3.06. The van der Waals surface area contributed by atoms with Gasteiger partial charge < -0.3 is 10.1 Å². The van der Waals surface area contributed by atoms with Gasteiger partial charge >= 0.3 is 0 Å². The largest absolute Gasteiger partial charge is 0.494 e. The van der Waals surface area contributed by atoms with Gasteiger partial charge in [0.2, 0.25) is 5.91 Å². The molecule has 3 heteroatoms. The number of nitrogens with one attached hydrogen (secondary N) is 1. The van der Waals surface area contributed by atoms with Crippen molar-refractivity contribution in [3.05, 3.63) is 65.7 Å². The first-order chi connectivity index (χ1) is 14.8. The molecular weight excluding hydrogens is 370 g/mol. The maximum Gasteiger partial charge on any atom is 0.219 e. The summed E-state index contributed by atoms with van der Waals surface area (Å²) in [5.74, 6) is 2.31. The second-order valence-electron chi connectivity index (χ2n) is 8.58. The van der Waals surface area contributed by atoms with E-state index in [1.165, 1.54) is 49.7 Å². The lowest BCUT2D eigenvalue weighted by Crippen LogP contribution is -2.25. The second kappa shape index (κ2) is 12.4. The van der Waals surface area contributed by atoms with E-state index in [1.807, 2.05) is 6.92 Å². The summed E-state index contributed by atoms with van der Waals surface area (Å²) in [4.78, 5) is 11.6. The van der Waals surface area contributed by atoms with Crippen molar-refractivity contribution in [1.29, 1.82) is 0 Å². The molecule has 2 aromatic carbocycles. The molecule has 0 saturated heterocycles. The van der Waals surface area contributed by atoms with Crippen LogP contribution >= 0.6 is 0 Å². The van der Waals surface area contributed by atoms with Crippen molar-refractivity contribution in [1.82, 2.24) is 5.32 Å². The van der Waals surface area contributed by atoms with Gasteiger partial charge in [0, 0.05) is 13.0 Å². The van der Waals surface area contributed by atoms with Crippen molar-refractivity contribution in [3.8, 4) is 5.75 Å². The Morgan fingerprint density at radius 1 is 1.00 bits per heavy atom. The van der Waals surface area contributed by atoms with Gasteiger partial charge in [-0.05, 0) is 67.2 Å². The van der Waals surface area contributed by atoms with Crippen LogP contribution in [0.4, 0.5) is 0 Å². The second-order valence-corrected chi connectivity index (χ2v) is 8.58. The monoisotopic (exact) mass is 407 g/mol. The number of amides is 1. The fourth-order valence-electron chi connectivity index (χ4n) is 4.07. The lowest BCUT2D eigenvalue weighted by atomic mass is 10.1. The molecule has 1 aliphatic carbocycles. The SMILES string of the molecule is CCCC(=O)NCC1CC1c1cccc(OCCCCCCCc2ccccc2)c1. The number of hydrogen-bond donors (Lipinski definition) is 1. The Morgan fingerprint density at radius 3 is 2.63 bits per heavy atom. The minimum absolute atomic E-state index is 0.181. The lowest BCUT2D eigenvalue weighted by molar-refractivity contribution is -0.121. The van der Waals surface area contributed by atoms with Crippen molar-refractivity contribution in [2.24, 2.45) is 5.92 Å². The quantitative estimate of drug-likeness (QED) is 0.374. The van der Waals surface area contributed by atoms with Crippen molar-refractivity contribution < 1.29 is 9.53 Å². The molecule has 1 N–H and O–H groups in total. The van der Waals surface area contributed by atoms with E-state index >= 15 is 0 Å². The fraction of sp³-hybridized carbons (Fsp3) is 0.519. The zero-order valence-electron chi connectivity index (χ0n) is 18.4. The molecule has 1 fully saturated rings. The van der Waals surface area contributed by atoms with Crippen LogP contribution in [0.3, 0.4) is 0 Å². The summed E-state index contributed by atoms with van der Waals surface area (Å²) in [6.07, 6.45) is 10.1. The van der Waals surface area contributed by atoms with Gasteiger partial charge in [0.15, 0.2) is 0 Å². The van der Waals surface area contributed by atoms with E-state index in [9.17, 15) is 4.79 Å². The van der Waals surface area contributed by atoms with E-state index in [-0.39, 0.29) is 5.91 Å². The zero-order valence-corrected chi connectivity index (χ0v) is 18.4. The molecule has 0 heterocycles. The van der Waals surface area contributed by atoms with Crippen LogP contribution in [-0.2, 0) is 11.2 Å². The van der Waals surface area contributed by atoms with E-state index in [4.69, 9.17) is 4.74 Å². The normalized spacial score (nSPS) is 17.5. The summed E-state index contributed by atoms with van der Waals surface area (Å²) >= 11 is 0. The Hall–Kier alpha value is -2.29. The first kappa shape index (κ1) is 22.4. The number of carbonyl (C=O) groups is 1. The number of carbonyl (C=O) groups excluding carboxylic acids is 1. The Morgan fingerprint density at radius 2 is 1.80 bits per heavy atom. The van der Waals surface area contributed by atoms with Gasteiger partial charge in [-0.25, -0.2) is 0 Å². The van der Waals surface area contributed by atoms with Crippen LogP contribution in [-0.4, -0.2) is 19.1 Å². The van der Waals surface area contributed by atoms with Crippen LogP contribution in [0.5, 0.6) is 5.75 Å². The van der Waals surface area contributed by atoms with E-state index in [1.54, 1.807) is 0 Å². The van der Waals surface area contributed by atoms with Crippen LogP contribution in [0.15, 0.2) is 54.6 Å². The van der Waals surface area contributed by atoms with Crippen molar-refractivity contribution in [3.63, 3.8) is 0 Å². The van der Waals surface area contributed by atoms with Crippen LogP contribution in [0, 0.1) is 5.92 Å². The summed E-state index contributed by atoms with van der Waals surface area (Å²) in [6, 6.07) is 19.3. The third-order valence-electron chi connectivity index (χ3n) is 5.97. The Balaban J connectivity index is 1.25. The van der Waals surface area contributed by atoms with Crippen molar-refractivity contribution in [2.75, 3.05) is 13.2 Å². The highest BCUT2D eigenvalue weighted by molar-refractivity contribution is 5.75. The molecule has 162 valence electrons. The topological polar surface area (TPSA) is 38.3 Å². The number of unbranched alkanes of at least 4 members (excludes halogenated alkanes) is 4. The van der Waals surface area contributed by atoms with Crippen LogP contribution in [0.25, 0.3) is 0 Å². The predicted molar refractivity (Wildman–Crippen MR) is 124 cm³/mol. The Labute approximate surface area is 182 Å². The number of rotatable bonds is 14. The molecule has 0 spiro atoms. The summed E-state index contributed by atoms with van der Waals surface area (Å²) in [5.41, 5.74) is 2.80. The maximum atomic E-state index is 11.6. The van der Waals surface area contributed by atoms with Gasteiger partial charge in [0.05, 0.1) is 6.61 Å². The molecule has 3 nitrogen and oxygen atoms in total. The molecular formula is C27H37NO2. The van der Waals surface area contributed by atoms with Crippen LogP contribution in [0.1, 0.15) is 75.3 Å². The van der Waals surface area contributed by atoms with Gasteiger partial charge in [-0.15, -0.1) is 0 Å². The molecule has 0 radical (unpaired) electrons. The summed E-state index contributed by atoms with van der Waals surface area (Å²) < 4.78 is 6.00. The lowest BCUT2D eigenvalue weighted by Gasteiger charge is -2.09. The number of ether oxygens (including phenoxy) is 1. The van der Waals surface area contributed by atoms with E-state index in [2.05, 4.69) is 59.9 Å². The molecule has 1 aliphatic rings. The van der Waals surface area contributed by atoms with Gasteiger partial charge in [-0.3, -0.25) is 4.79 Å². The summed E-state index contributed by atoms with van der Waals surface area (Å²) in [7, 11) is 0. The molecule has 1 saturated carbocycles. The molecule has 0 aliphatic heterocycles. The molecule has 2 atom stereocenters. The Kier molecular flexibility index (Phi) is 9.27. The summed E-state index contributed by atoms with van der Waals surface area (Å²) in [6.45, 7) is 3.64. The Bertz CT molecular complexity index is 758. The highest BCUT2D eigenvalue weighted by atomic mass is 16.5. The minimum Gasteiger partial charge on any atom is -0.494 e. The number of hydrogen-bond acceptors (Lipinski definition) is 2. The first-order valence-corrected chi connectivity index (χ1v) is 11.8. The smallest absolute Gasteiger partial charge is 0.219 e. The third-order valence-corrected chi connectivity index (χ3v) is 5.97. The molecule has 2 unspecified atom stereocenters. The van der Waals surface area contributed by atoms with Gasteiger partial charge in [0.1, 0.15) is 5.75 Å². The third kappa shape index (κ3) is 7.85. The fourth-order valence-corrected chi connectivity index (χ4v) is 4.07. The highest BCUT2D eigenvalue weighted by Crippen LogP contribution is 2.47. The highest BCUT2D eigenvalue weighted by Gasteiger charge is 2.38. The first-order valence-electron chi connectivity index (χ1n) is 11.8. The zero-order chi connectivity index (χ0) is 21.0. The van der Waals surface area contributed by atoms with Crippen molar-refractivity contribution >= 4 is 5.91 Å². The average Bonchev–Trinajstić information content (AvgIpc) is 3.55. The van der Waals surface area contributed by atoms with Gasteiger partial charge in [-0.2, -0.15) is 0 Å². The molecule has 1 amide bonds. The van der Waals surface area contributed by atoms with Crippen LogP contribution < -0.4 is 10.1 Å². The van der Waals surface area contributed by atoms with Crippen molar-refractivity contribution in [2.45, 2.75) is 70.6 Å². The average molecular weight is 408 g/mol. The molecule has 0 aromatic heterocycles.